The Balaban J connectivity index is 2.01. The second kappa shape index (κ2) is 5.59. The predicted molar refractivity (Wildman–Crippen MR) is 71.1 cm³/mol. The van der Waals surface area contributed by atoms with E-state index in [4.69, 9.17) is 11.6 Å². The van der Waals surface area contributed by atoms with Gasteiger partial charge in [-0.1, -0.05) is 11.6 Å². The number of aromatic hydroxyl groups is 1. The molecule has 18 heavy (non-hydrogen) atoms. The highest BCUT2D eigenvalue weighted by molar-refractivity contribution is 6.31. The van der Waals surface area contributed by atoms with Crippen LogP contribution in [-0.2, 0) is 0 Å². The second-order valence-electron chi connectivity index (χ2n) is 4.71. The molecule has 1 aromatic rings. The van der Waals surface area contributed by atoms with Gasteiger partial charge >= 0.3 is 0 Å². The SMILES string of the molecule is CN1CCC(NC(=O)c2cc(Cl)ccc2O)CC1. The van der Waals surface area contributed by atoms with Gasteiger partial charge < -0.3 is 15.3 Å². The third kappa shape index (κ3) is 3.15. The van der Waals surface area contributed by atoms with E-state index in [-0.39, 0.29) is 23.3 Å². The number of carbonyl (C=O) groups excluding carboxylic acids is 1. The van der Waals surface area contributed by atoms with Gasteiger partial charge in [0.1, 0.15) is 5.75 Å². The molecular formula is C13H17ClN2O2. The summed E-state index contributed by atoms with van der Waals surface area (Å²) in [6.07, 6.45) is 1.87. The lowest BCUT2D eigenvalue weighted by Crippen LogP contribution is -2.43. The van der Waals surface area contributed by atoms with E-state index in [9.17, 15) is 9.90 Å². The maximum Gasteiger partial charge on any atom is 0.255 e. The van der Waals surface area contributed by atoms with Gasteiger partial charge in [0, 0.05) is 11.1 Å². The van der Waals surface area contributed by atoms with Crippen molar-refractivity contribution in [3.05, 3.63) is 28.8 Å². The van der Waals surface area contributed by atoms with Crippen molar-refractivity contribution in [1.82, 2.24) is 10.2 Å². The summed E-state index contributed by atoms with van der Waals surface area (Å²) in [5, 5.41) is 13.0. The molecule has 98 valence electrons. The average Bonchev–Trinajstić information content (AvgIpc) is 2.35. The summed E-state index contributed by atoms with van der Waals surface area (Å²) in [5.41, 5.74) is 0.237. The Morgan fingerprint density at radius 2 is 2.11 bits per heavy atom. The van der Waals surface area contributed by atoms with Crippen LogP contribution in [0.3, 0.4) is 0 Å². The van der Waals surface area contributed by atoms with Gasteiger partial charge in [-0.25, -0.2) is 0 Å². The zero-order valence-electron chi connectivity index (χ0n) is 10.3. The average molecular weight is 269 g/mol. The number of likely N-dealkylation sites (tertiary alicyclic amines) is 1. The molecule has 0 bridgehead atoms. The van der Waals surface area contributed by atoms with E-state index >= 15 is 0 Å². The van der Waals surface area contributed by atoms with Gasteiger partial charge in [0.05, 0.1) is 5.56 Å². The van der Waals surface area contributed by atoms with Crippen LogP contribution in [0, 0.1) is 0 Å². The molecule has 0 aromatic heterocycles. The van der Waals surface area contributed by atoms with Gasteiger partial charge in [-0.05, 0) is 51.2 Å². The first kappa shape index (κ1) is 13.2. The molecule has 0 aliphatic carbocycles. The van der Waals surface area contributed by atoms with Gasteiger partial charge in [-0.3, -0.25) is 4.79 Å². The first-order valence-corrected chi connectivity index (χ1v) is 6.42. The number of nitrogens with one attached hydrogen (secondary N) is 1. The van der Waals surface area contributed by atoms with Crippen LogP contribution >= 0.6 is 11.6 Å². The standard InChI is InChI=1S/C13H17ClN2O2/c1-16-6-4-10(5-7-16)15-13(18)11-8-9(14)2-3-12(11)17/h2-3,8,10,17H,4-7H2,1H3,(H,15,18). The van der Waals surface area contributed by atoms with Crippen LogP contribution in [0.25, 0.3) is 0 Å². The summed E-state index contributed by atoms with van der Waals surface area (Å²) in [6, 6.07) is 4.66. The molecule has 0 saturated carbocycles. The van der Waals surface area contributed by atoms with E-state index in [0.717, 1.165) is 25.9 Å². The van der Waals surface area contributed by atoms with Gasteiger partial charge in [-0.15, -0.1) is 0 Å². The van der Waals surface area contributed by atoms with Crippen molar-refractivity contribution in [3.8, 4) is 5.75 Å². The van der Waals surface area contributed by atoms with Crippen molar-refractivity contribution < 1.29 is 9.90 Å². The van der Waals surface area contributed by atoms with Crippen molar-refractivity contribution in [2.75, 3.05) is 20.1 Å². The first-order chi connectivity index (χ1) is 8.56. The number of rotatable bonds is 2. The normalized spacial score (nSPS) is 17.7. The number of amides is 1. The number of nitrogens with zero attached hydrogens (tertiary/aromatic N) is 1. The zero-order chi connectivity index (χ0) is 13.1. The monoisotopic (exact) mass is 268 g/mol. The minimum atomic E-state index is -0.260. The molecule has 1 amide bonds. The molecule has 0 atom stereocenters. The Labute approximate surface area is 112 Å². The molecule has 1 saturated heterocycles. The lowest BCUT2D eigenvalue weighted by molar-refractivity contribution is 0.0914. The minimum absolute atomic E-state index is 0.0372. The largest absolute Gasteiger partial charge is 0.507 e. The second-order valence-corrected chi connectivity index (χ2v) is 5.15. The molecule has 2 rings (SSSR count). The first-order valence-electron chi connectivity index (χ1n) is 6.04. The molecule has 4 nitrogen and oxygen atoms in total. The Hall–Kier alpha value is -1.26. The molecule has 0 spiro atoms. The van der Waals surface area contributed by atoms with Crippen molar-refractivity contribution in [3.63, 3.8) is 0 Å². The van der Waals surface area contributed by atoms with Crippen LogP contribution in [0.2, 0.25) is 5.02 Å². The maximum atomic E-state index is 12.0. The highest BCUT2D eigenvalue weighted by Crippen LogP contribution is 2.21. The number of phenolic OH excluding ortho intramolecular Hbond substituents is 1. The molecule has 1 heterocycles. The predicted octanol–water partition coefficient (Wildman–Crippen LogP) is 1.87. The summed E-state index contributed by atoms with van der Waals surface area (Å²) >= 11 is 5.82. The summed E-state index contributed by atoms with van der Waals surface area (Å²) in [5.74, 6) is -0.297. The molecular weight excluding hydrogens is 252 g/mol. The molecule has 1 aromatic carbocycles. The van der Waals surface area contributed by atoms with Crippen molar-refractivity contribution in [2.45, 2.75) is 18.9 Å². The van der Waals surface area contributed by atoms with E-state index < -0.39 is 0 Å². The highest BCUT2D eigenvalue weighted by atomic mass is 35.5. The van der Waals surface area contributed by atoms with Gasteiger partial charge in [0.2, 0.25) is 0 Å². The van der Waals surface area contributed by atoms with Crippen LogP contribution in [0.15, 0.2) is 18.2 Å². The van der Waals surface area contributed by atoms with E-state index in [1.165, 1.54) is 12.1 Å². The Morgan fingerprint density at radius 3 is 2.78 bits per heavy atom. The zero-order valence-corrected chi connectivity index (χ0v) is 11.1. The Bertz CT molecular complexity index is 443. The van der Waals surface area contributed by atoms with E-state index in [1.54, 1.807) is 6.07 Å². The van der Waals surface area contributed by atoms with Gasteiger partial charge in [0.15, 0.2) is 0 Å². The lowest BCUT2D eigenvalue weighted by Gasteiger charge is -2.29. The number of phenols is 1. The molecule has 1 aliphatic rings. The van der Waals surface area contributed by atoms with Crippen LogP contribution < -0.4 is 5.32 Å². The van der Waals surface area contributed by atoms with Gasteiger partial charge in [-0.2, -0.15) is 0 Å². The van der Waals surface area contributed by atoms with Crippen molar-refractivity contribution >= 4 is 17.5 Å². The lowest BCUT2D eigenvalue weighted by atomic mass is 10.0. The van der Waals surface area contributed by atoms with E-state index in [2.05, 4.69) is 17.3 Å². The van der Waals surface area contributed by atoms with Crippen LogP contribution in [0.1, 0.15) is 23.2 Å². The third-order valence-electron chi connectivity index (χ3n) is 3.26. The number of carbonyl (C=O) groups is 1. The molecule has 0 unspecified atom stereocenters. The number of halogens is 1. The summed E-state index contributed by atoms with van der Waals surface area (Å²) in [6.45, 7) is 1.96. The number of benzene rings is 1. The number of hydrogen-bond donors (Lipinski definition) is 2. The fraction of sp³-hybridized carbons (Fsp3) is 0.462. The quantitative estimate of drug-likeness (QED) is 0.861. The van der Waals surface area contributed by atoms with E-state index in [1.807, 2.05) is 0 Å². The van der Waals surface area contributed by atoms with E-state index in [0.29, 0.717) is 5.02 Å². The van der Waals surface area contributed by atoms with Crippen LogP contribution in [-0.4, -0.2) is 42.1 Å². The van der Waals surface area contributed by atoms with Crippen LogP contribution in [0.5, 0.6) is 5.75 Å². The molecule has 5 heteroatoms. The van der Waals surface area contributed by atoms with Crippen molar-refractivity contribution in [2.24, 2.45) is 0 Å². The Morgan fingerprint density at radius 1 is 1.44 bits per heavy atom. The smallest absolute Gasteiger partial charge is 0.255 e. The molecule has 1 fully saturated rings. The van der Waals surface area contributed by atoms with Crippen molar-refractivity contribution in [1.29, 1.82) is 0 Å². The molecule has 0 radical (unpaired) electrons. The molecule has 2 N–H and O–H groups in total. The fourth-order valence-electron chi connectivity index (χ4n) is 2.11. The topological polar surface area (TPSA) is 52.6 Å². The highest BCUT2D eigenvalue weighted by Gasteiger charge is 2.20. The van der Waals surface area contributed by atoms with Gasteiger partial charge in [0.25, 0.3) is 5.91 Å². The number of piperidine rings is 1. The number of hydrogen-bond acceptors (Lipinski definition) is 3. The Kier molecular flexibility index (Phi) is 4.09. The maximum absolute atomic E-state index is 12.0. The van der Waals surface area contributed by atoms with Crippen LogP contribution in [0.4, 0.5) is 0 Å². The minimum Gasteiger partial charge on any atom is -0.507 e. The third-order valence-corrected chi connectivity index (χ3v) is 3.49. The summed E-state index contributed by atoms with van der Waals surface area (Å²) < 4.78 is 0. The molecule has 1 aliphatic heterocycles. The fourth-order valence-corrected chi connectivity index (χ4v) is 2.28. The summed E-state index contributed by atoms with van der Waals surface area (Å²) in [7, 11) is 2.07. The summed E-state index contributed by atoms with van der Waals surface area (Å²) in [4.78, 5) is 14.3.